The molecule has 5 nitrogen and oxygen atoms in total. The maximum atomic E-state index is 12.4. The standard InChI is InChI=1S/C21H23N3O2/c1-15-10-11-17-8-5-9-19(20(17)23-15)24-21(26)22-14-18(12-13-25)16-6-3-2-4-7-16/h2-11,18,25H,12-14H2,1H3,(H2,22,24,26). The molecule has 0 fully saturated rings. The number of aromatic nitrogens is 1. The van der Waals surface area contributed by atoms with Gasteiger partial charge in [0.15, 0.2) is 0 Å². The Balaban J connectivity index is 1.68. The summed E-state index contributed by atoms with van der Waals surface area (Å²) < 4.78 is 0. The van der Waals surface area contributed by atoms with Gasteiger partial charge in [-0.2, -0.15) is 0 Å². The molecule has 3 N–H and O–H groups in total. The number of para-hydroxylation sites is 1. The number of hydrogen-bond donors (Lipinski definition) is 3. The SMILES string of the molecule is Cc1ccc2cccc(NC(=O)NCC(CCO)c3ccccc3)c2n1. The highest BCUT2D eigenvalue weighted by molar-refractivity contribution is 5.99. The van der Waals surface area contributed by atoms with Crippen LogP contribution in [0.5, 0.6) is 0 Å². The number of nitrogens with zero attached hydrogens (tertiary/aromatic N) is 1. The predicted molar refractivity (Wildman–Crippen MR) is 104 cm³/mol. The molecule has 3 aromatic rings. The molecule has 26 heavy (non-hydrogen) atoms. The number of carbonyl (C=O) groups is 1. The number of carbonyl (C=O) groups excluding carboxylic acids is 1. The molecule has 0 radical (unpaired) electrons. The molecule has 2 amide bonds. The van der Waals surface area contributed by atoms with Gasteiger partial charge in [0.05, 0.1) is 11.2 Å². The minimum atomic E-state index is -0.278. The summed E-state index contributed by atoms with van der Waals surface area (Å²) in [4.78, 5) is 16.9. The Hall–Kier alpha value is -2.92. The zero-order valence-electron chi connectivity index (χ0n) is 14.8. The third kappa shape index (κ3) is 4.37. The second kappa shape index (κ2) is 8.45. The van der Waals surface area contributed by atoms with E-state index in [4.69, 9.17) is 0 Å². The number of amides is 2. The van der Waals surface area contributed by atoms with Crippen LogP contribution in [0.15, 0.2) is 60.7 Å². The molecule has 1 aromatic heterocycles. The summed E-state index contributed by atoms with van der Waals surface area (Å²) in [6, 6.07) is 19.3. The Bertz CT molecular complexity index is 881. The Kier molecular flexibility index (Phi) is 5.81. The number of anilines is 1. The highest BCUT2D eigenvalue weighted by atomic mass is 16.3. The Labute approximate surface area is 153 Å². The molecule has 0 spiro atoms. The quantitative estimate of drug-likeness (QED) is 0.633. The second-order valence-corrected chi connectivity index (χ2v) is 6.28. The van der Waals surface area contributed by atoms with E-state index in [-0.39, 0.29) is 18.6 Å². The first-order valence-electron chi connectivity index (χ1n) is 8.74. The van der Waals surface area contributed by atoms with Crippen molar-refractivity contribution in [2.45, 2.75) is 19.3 Å². The van der Waals surface area contributed by atoms with Crippen molar-refractivity contribution >= 4 is 22.6 Å². The lowest BCUT2D eigenvalue weighted by atomic mass is 9.96. The maximum Gasteiger partial charge on any atom is 0.319 e. The molecular weight excluding hydrogens is 326 g/mol. The minimum absolute atomic E-state index is 0.0693. The fraction of sp³-hybridized carbons (Fsp3) is 0.238. The molecule has 1 heterocycles. The van der Waals surface area contributed by atoms with Gasteiger partial charge in [-0.3, -0.25) is 4.98 Å². The third-order valence-electron chi connectivity index (χ3n) is 4.37. The molecule has 1 atom stereocenters. The van der Waals surface area contributed by atoms with Crippen molar-refractivity contribution in [2.24, 2.45) is 0 Å². The van der Waals surface area contributed by atoms with Gasteiger partial charge < -0.3 is 15.7 Å². The number of urea groups is 1. The number of pyridine rings is 1. The molecular formula is C21H23N3O2. The molecule has 0 bridgehead atoms. The van der Waals surface area contributed by atoms with Crippen molar-refractivity contribution in [2.75, 3.05) is 18.5 Å². The smallest absolute Gasteiger partial charge is 0.319 e. The highest BCUT2D eigenvalue weighted by Gasteiger charge is 2.13. The highest BCUT2D eigenvalue weighted by Crippen LogP contribution is 2.22. The van der Waals surface area contributed by atoms with Crippen molar-refractivity contribution in [1.82, 2.24) is 10.3 Å². The zero-order valence-corrected chi connectivity index (χ0v) is 14.8. The molecule has 0 aliphatic heterocycles. The van der Waals surface area contributed by atoms with Gasteiger partial charge in [0.25, 0.3) is 0 Å². The van der Waals surface area contributed by atoms with Crippen LogP contribution in [0, 0.1) is 6.92 Å². The molecule has 134 valence electrons. The molecule has 0 saturated carbocycles. The summed E-state index contributed by atoms with van der Waals surface area (Å²) >= 11 is 0. The summed E-state index contributed by atoms with van der Waals surface area (Å²) in [7, 11) is 0. The summed E-state index contributed by atoms with van der Waals surface area (Å²) in [6.45, 7) is 2.46. The largest absolute Gasteiger partial charge is 0.396 e. The number of fused-ring (bicyclic) bond motifs is 1. The summed E-state index contributed by atoms with van der Waals surface area (Å²) in [6.07, 6.45) is 0.597. The van der Waals surface area contributed by atoms with Gasteiger partial charge in [-0.05, 0) is 31.0 Å². The van der Waals surface area contributed by atoms with E-state index in [1.807, 2.05) is 67.6 Å². The number of aryl methyl sites for hydroxylation is 1. The van der Waals surface area contributed by atoms with E-state index in [0.29, 0.717) is 18.7 Å². The number of benzene rings is 2. The van der Waals surface area contributed by atoms with E-state index < -0.39 is 0 Å². The molecule has 3 rings (SSSR count). The van der Waals surface area contributed by atoms with Crippen LogP contribution in [0.1, 0.15) is 23.6 Å². The van der Waals surface area contributed by atoms with Crippen LogP contribution in [0.4, 0.5) is 10.5 Å². The van der Waals surface area contributed by atoms with Crippen molar-refractivity contribution < 1.29 is 9.90 Å². The fourth-order valence-corrected chi connectivity index (χ4v) is 3.00. The van der Waals surface area contributed by atoms with E-state index in [2.05, 4.69) is 15.6 Å². The lowest BCUT2D eigenvalue weighted by Crippen LogP contribution is -2.32. The van der Waals surface area contributed by atoms with Crippen LogP contribution in [-0.4, -0.2) is 29.3 Å². The lowest BCUT2D eigenvalue weighted by molar-refractivity contribution is 0.248. The van der Waals surface area contributed by atoms with Gasteiger partial charge in [-0.25, -0.2) is 4.79 Å². The monoisotopic (exact) mass is 349 g/mol. The normalized spacial score (nSPS) is 11.9. The topological polar surface area (TPSA) is 74.2 Å². The Morgan fingerprint density at radius 3 is 2.65 bits per heavy atom. The molecule has 0 aliphatic rings. The predicted octanol–water partition coefficient (Wildman–Crippen LogP) is 3.83. The number of nitrogens with one attached hydrogen (secondary N) is 2. The van der Waals surface area contributed by atoms with E-state index in [0.717, 1.165) is 22.2 Å². The van der Waals surface area contributed by atoms with Crippen LogP contribution in [-0.2, 0) is 0 Å². The van der Waals surface area contributed by atoms with Crippen LogP contribution < -0.4 is 10.6 Å². The van der Waals surface area contributed by atoms with Gasteiger partial charge >= 0.3 is 6.03 Å². The average molecular weight is 349 g/mol. The molecule has 0 saturated heterocycles. The van der Waals surface area contributed by atoms with Gasteiger partial charge in [-0.1, -0.05) is 48.5 Å². The molecule has 1 unspecified atom stereocenters. The van der Waals surface area contributed by atoms with Crippen molar-refractivity contribution in [3.63, 3.8) is 0 Å². The minimum Gasteiger partial charge on any atom is -0.396 e. The third-order valence-corrected chi connectivity index (χ3v) is 4.37. The van der Waals surface area contributed by atoms with Crippen molar-refractivity contribution in [1.29, 1.82) is 0 Å². The number of rotatable bonds is 6. The fourth-order valence-electron chi connectivity index (χ4n) is 3.00. The first-order chi connectivity index (χ1) is 12.7. The maximum absolute atomic E-state index is 12.4. The average Bonchev–Trinajstić information content (AvgIpc) is 2.66. The van der Waals surface area contributed by atoms with Gasteiger partial charge in [0, 0.05) is 30.1 Å². The number of hydrogen-bond acceptors (Lipinski definition) is 3. The van der Waals surface area contributed by atoms with E-state index in [9.17, 15) is 9.90 Å². The van der Waals surface area contributed by atoms with Crippen LogP contribution in [0.2, 0.25) is 0 Å². The molecule has 2 aromatic carbocycles. The zero-order chi connectivity index (χ0) is 18.4. The van der Waals surface area contributed by atoms with Gasteiger partial charge in [-0.15, -0.1) is 0 Å². The van der Waals surface area contributed by atoms with Crippen LogP contribution >= 0.6 is 0 Å². The summed E-state index contributed by atoms with van der Waals surface area (Å²) in [5.74, 6) is 0.0693. The van der Waals surface area contributed by atoms with E-state index in [1.54, 1.807) is 0 Å². The number of aliphatic hydroxyl groups is 1. The summed E-state index contributed by atoms with van der Waals surface area (Å²) in [5.41, 5.74) is 3.46. The lowest BCUT2D eigenvalue weighted by Gasteiger charge is -2.17. The van der Waals surface area contributed by atoms with Gasteiger partial charge in [0.2, 0.25) is 0 Å². The van der Waals surface area contributed by atoms with E-state index in [1.165, 1.54) is 0 Å². The van der Waals surface area contributed by atoms with Crippen LogP contribution in [0.3, 0.4) is 0 Å². The summed E-state index contributed by atoms with van der Waals surface area (Å²) in [5, 5.41) is 16.1. The van der Waals surface area contributed by atoms with Crippen molar-refractivity contribution in [3.8, 4) is 0 Å². The molecule has 5 heteroatoms. The Morgan fingerprint density at radius 1 is 1.08 bits per heavy atom. The van der Waals surface area contributed by atoms with Crippen molar-refractivity contribution in [3.05, 3.63) is 71.9 Å². The Morgan fingerprint density at radius 2 is 1.88 bits per heavy atom. The molecule has 0 aliphatic carbocycles. The van der Waals surface area contributed by atoms with Crippen LogP contribution in [0.25, 0.3) is 10.9 Å². The number of aliphatic hydroxyl groups excluding tert-OH is 1. The first kappa shape index (κ1) is 17.9. The van der Waals surface area contributed by atoms with E-state index >= 15 is 0 Å². The first-order valence-corrected chi connectivity index (χ1v) is 8.74. The second-order valence-electron chi connectivity index (χ2n) is 6.28. The van der Waals surface area contributed by atoms with Gasteiger partial charge in [0.1, 0.15) is 0 Å².